The van der Waals surface area contributed by atoms with Crippen LogP contribution in [0.2, 0.25) is 5.02 Å². The molecule has 0 spiro atoms. The molecule has 3 N–H and O–H groups in total. The van der Waals surface area contributed by atoms with Gasteiger partial charge in [-0.2, -0.15) is 5.26 Å². The summed E-state index contributed by atoms with van der Waals surface area (Å²) in [5, 5.41) is 22.8. The number of amides is 1. The Morgan fingerprint density at radius 3 is 2.65 bits per heavy atom. The average molecular weight is 591 g/mol. The maximum Gasteiger partial charge on any atom is 0.234 e. The summed E-state index contributed by atoms with van der Waals surface area (Å²) in [6.45, 7) is 6.08. The highest BCUT2D eigenvalue weighted by atomic mass is 35.5. The van der Waals surface area contributed by atoms with E-state index >= 15 is 0 Å². The number of allylic oxidation sites excluding steroid dienone is 3. The monoisotopic (exact) mass is 590 g/mol. The summed E-state index contributed by atoms with van der Waals surface area (Å²) >= 11 is 8.42. The van der Waals surface area contributed by atoms with Gasteiger partial charge in [0.1, 0.15) is 5.82 Å². The lowest BCUT2D eigenvalue weighted by atomic mass is 9.68. The molecule has 0 saturated heterocycles. The summed E-state index contributed by atoms with van der Waals surface area (Å²) in [5.74, 6) is -0.366. The third-order valence-electron chi connectivity index (χ3n) is 6.92. The largest absolute Gasteiger partial charge is 0.384 e. The Hall–Kier alpha value is -3.65. The first-order chi connectivity index (χ1) is 19.1. The molecule has 2 aliphatic rings. The van der Waals surface area contributed by atoms with Gasteiger partial charge in [0.05, 0.1) is 23.3 Å². The van der Waals surface area contributed by atoms with Gasteiger partial charge in [0.25, 0.3) is 0 Å². The van der Waals surface area contributed by atoms with Crippen molar-refractivity contribution >= 4 is 57.2 Å². The summed E-state index contributed by atoms with van der Waals surface area (Å²) in [5.41, 5.74) is 10.6. The normalized spacial score (nSPS) is 18.4. The van der Waals surface area contributed by atoms with Crippen LogP contribution in [0.3, 0.4) is 0 Å². The minimum absolute atomic E-state index is 0.00253. The number of carbonyl (C=O) groups is 2. The second-order valence-electron chi connectivity index (χ2n) is 10.5. The maximum atomic E-state index is 13.7. The fourth-order valence-electron chi connectivity index (χ4n) is 5.16. The molecule has 3 aromatic rings. The van der Waals surface area contributed by atoms with E-state index in [0.717, 1.165) is 16.8 Å². The predicted octanol–water partition coefficient (Wildman–Crippen LogP) is 6.17. The van der Waals surface area contributed by atoms with Crippen LogP contribution >= 0.6 is 34.7 Å². The van der Waals surface area contributed by atoms with E-state index in [1.54, 1.807) is 29.2 Å². The second kappa shape index (κ2) is 11.1. The standard InChI is InChI=1S/C29H27ClN6O2S2/c1-16-6-4-5-7-19(16)24-20(14-31)26(32)36(21-12-29(2,3)13-22(37)25(21)24)27-34-35-28(40-27)39-15-23(38)33-18-10-8-17(30)9-11-18/h4-11,24H,12-13,15,32H2,1-3H3,(H,33,38). The first kappa shape index (κ1) is 27.9. The van der Waals surface area contributed by atoms with Crippen molar-refractivity contribution in [2.75, 3.05) is 16.0 Å². The zero-order chi connectivity index (χ0) is 28.6. The third-order valence-corrected chi connectivity index (χ3v) is 9.22. The van der Waals surface area contributed by atoms with E-state index in [2.05, 4.69) is 35.4 Å². The van der Waals surface area contributed by atoms with Gasteiger partial charge < -0.3 is 11.1 Å². The summed E-state index contributed by atoms with van der Waals surface area (Å²) in [7, 11) is 0. The number of halogens is 1. The molecule has 5 rings (SSSR count). The van der Waals surface area contributed by atoms with Gasteiger partial charge in [-0.05, 0) is 54.2 Å². The third kappa shape index (κ3) is 5.50. The van der Waals surface area contributed by atoms with Crippen LogP contribution in [0, 0.1) is 23.7 Å². The van der Waals surface area contributed by atoms with Crippen LogP contribution in [0.1, 0.15) is 43.7 Å². The smallest absolute Gasteiger partial charge is 0.234 e. The van der Waals surface area contributed by atoms with Gasteiger partial charge >= 0.3 is 0 Å². The number of ketones is 1. The molecule has 1 aliphatic carbocycles. The van der Waals surface area contributed by atoms with Gasteiger partial charge in [0.15, 0.2) is 10.1 Å². The number of hydrogen-bond acceptors (Lipinski definition) is 9. The molecular formula is C29H27ClN6O2S2. The fraction of sp³-hybridized carbons (Fsp3) is 0.276. The number of nitrogens with two attached hydrogens (primary N) is 1. The number of aromatic nitrogens is 2. The number of anilines is 2. The highest BCUT2D eigenvalue weighted by Gasteiger charge is 2.45. The molecule has 2 aromatic carbocycles. The first-order valence-electron chi connectivity index (χ1n) is 12.6. The molecule has 1 atom stereocenters. The Kier molecular flexibility index (Phi) is 7.73. The van der Waals surface area contributed by atoms with Crippen molar-refractivity contribution < 1.29 is 9.59 Å². The molecule has 8 nitrogen and oxygen atoms in total. The summed E-state index contributed by atoms with van der Waals surface area (Å²) in [4.78, 5) is 27.9. The minimum atomic E-state index is -0.542. The van der Waals surface area contributed by atoms with Gasteiger partial charge in [0, 0.05) is 28.4 Å². The van der Waals surface area contributed by atoms with Crippen LogP contribution in [0.5, 0.6) is 0 Å². The van der Waals surface area contributed by atoms with Crippen molar-refractivity contribution in [3.05, 3.63) is 87.3 Å². The van der Waals surface area contributed by atoms with Crippen LogP contribution < -0.4 is 16.0 Å². The molecular weight excluding hydrogens is 564 g/mol. The van der Waals surface area contributed by atoms with E-state index in [1.165, 1.54) is 23.1 Å². The van der Waals surface area contributed by atoms with Gasteiger partial charge in [-0.1, -0.05) is 72.8 Å². The van der Waals surface area contributed by atoms with E-state index in [-0.39, 0.29) is 28.7 Å². The van der Waals surface area contributed by atoms with Crippen molar-refractivity contribution in [3.63, 3.8) is 0 Å². The number of aryl methyl sites for hydroxylation is 1. The van der Waals surface area contributed by atoms with Gasteiger partial charge in [-0.3, -0.25) is 14.5 Å². The topological polar surface area (TPSA) is 125 Å². The Labute approximate surface area is 245 Å². The highest BCUT2D eigenvalue weighted by molar-refractivity contribution is 8.01. The zero-order valence-electron chi connectivity index (χ0n) is 22.2. The van der Waals surface area contributed by atoms with E-state index in [1.807, 2.05) is 31.2 Å². The SMILES string of the molecule is Cc1ccccc1C1C(C#N)=C(N)N(c2nnc(SCC(=O)Nc3ccc(Cl)cc3)s2)C2=C1C(=O)CC(C)(C)C2. The number of rotatable bonds is 6. The number of nitriles is 1. The molecule has 1 aromatic heterocycles. The molecule has 1 unspecified atom stereocenters. The summed E-state index contributed by atoms with van der Waals surface area (Å²) < 4.78 is 0.567. The fourth-order valence-corrected chi connectivity index (χ4v) is 6.96. The second-order valence-corrected chi connectivity index (χ2v) is 13.1. The van der Waals surface area contributed by atoms with Crippen molar-refractivity contribution in [2.24, 2.45) is 11.1 Å². The van der Waals surface area contributed by atoms with Crippen molar-refractivity contribution in [3.8, 4) is 6.07 Å². The van der Waals surface area contributed by atoms with E-state index in [4.69, 9.17) is 17.3 Å². The molecule has 11 heteroatoms. The van der Waals surface area contributed by atoms with Crippen molar-refractivity contribution in [1.82, 2.24) is 10.2 Å². The maximum absolute atomic E-state index is 13.7. The molecule has 2 heterocycles. The molecule has 40 heavy (non-hydrogen) atoms. The van der Waals surface area contributed by atoms with Crippen LogP contribution in [0.25, 0.3) is 0 Å². The Morgan fingerprint density at radius 2 is 1.95 bits per heavy atom. The Bertz CT molecular complexity index is 1600. The number of benzene rings is 2. The molecule has 0 bridgehead atoms. The molecule has 1 aliphatic heterocycles. The van der Waals surface area contributed by atoms with Gasteiger partial charge in [-0.15, -0.1) is 10.2 Å². The van der Waals surface area contributed by atoms with Gasteiger partial charge in [0.2, 0.25) is 11.0 Å². The zero-order valence-corrected chi connectivity index (χ0v) is 24.6. The summed E-state index contributed by atoms with van der Waals surface area (Å²) in [6, 6.07) is 16.9. The molecule has 0 saturated carbocycles. The van der Waals surface area contributed by atoms with E-state index in [9.17, 15) is 14.9 Å². The lowest BCUT2D eigenvalue weighted by Gasteiger charge is -2.42. The van der Waals surface area contributed by atoms with Crippen LogP contribution in [0.15, 0.2) is 75.5 Å². The van der Waals surface area contributed by atoms with Crippen LogP contribution in [-0.4, -0.2) is 27.6 Å². The van der Waals surface area contributed by atoms with Crippen molar-refractivity contribution in [1.29, 1.82) is 5.26 Å². The Morgan fingerprint density at radius 1 is 1.23 bits per heavy atom. The molecule has 0 radical (unpaired) electrons. The number of hydrogen-bond donors (Lipinski definition) is 2. The molecule has 0 fully saturated rings. The van der Waals surface area contributed by atoms with Crippen molar-refractivity contribution in [2.45, 2.75) is 43.9 Å². The van der Waals surface area contributed by atoms with E-state index in [0.29, 0.717) is 44.2 Å². The molecule has 204 valence electrons. The lowest BCUT2D eigenvalue weighted by molar-refractivity contribution is -0.118. The molecule has 1 amide bonds. The number of nitrogens with zero attached hydrogens (tertiary/aromatic N) is 4. The van der Waals surface area contributed by atoms with Gasteiger partial charge in [-0.25, -0.2) is 0 Å². The quantitative estimate of drug-likeness (QED) is 0.326. The first-order valence-corrected chi connectivity index (χ1v) is 14.8. The van der Waals surface area contributed by atoms with Crippen LogP contribution in [-0.2, 0) is 9.59 Å². The lowest BCUT2D eigenvalue weighted by Crippen LogP contribution is -2.42. The number of thioether (sulfide) groups is 1. The highest BCUT2D eigenvalue weighted by Crippen LogP contribution is 2.51. The Balaban J connectivity index is 1.47. The number of carbonyl (C=O) groups excluding carboxylic acids is 2. The minimum Gasteiger partial charge on any atom is -0.384 e. The van der Waals surface area contributed by atoms with Crippen LogP contribution in [0.4, 0.5) is 10.8 Å². The average Bonchev–Trinajstić information content (AvgIpc) is 3.36. The van der Waals surface area contributed by atoms with E-state index < -0.39 is 5.92 Å². The summed E-state index contributed by atoms with van der Waals surface area (Å²) in [6.07, 6.45) is 0.960. The number of Topliss-reactive ketones (excluding diaryl/α,β-unsaturated/α-hetero) is 1. The number of nitrogens with one attached hydrogen (secondary N) is 1. The predicted molar refractivity (Wildman–Crippen MR) is 159 cm³/mol.